The Morgan fingerprint density at radius 3 is 2.65 bits per heavy atom. The number of amides is 1. The molecule has 0 bridgehead atoms. The Morgan fingerprint density at radius 2 is 1.85 bits per heavy atom. The maximum absolute atomic E-state index is 14.8. The largest absolute Gasteiger partial charge is 0.440 e. The Balaban J connectivity index is 1.49. The molecule has 2 aromatic heterocycles. The number of rotatable bonds is 3. The second-order valence-corrected chi connectivity index (χ2v) is 8.81. The summed E-state index contributed by atoms with van der Waals surface area (Å²) in [5.41, 5.74) is 1.08. The number of nitrogens with one attached hydrogen (secondary N) is 1. The fourth-order valence-electron chi connectivity index (χ4n) is 5.23. The van der Waals surface area contributed by atoms with E-state index in [1.807, 2.05) is 0 Å². The predicted octanol–water partition coefficient (Wildman–Crippen LogP) is 4.65. The first-order valence-corrected chi connectivity index (χ1v) is 11.4. The number of fused-ring (bicyclic) bond motifs is 1. The maximum Gasteiger partial charge on any atom is 0.415 e. The van der Waals surface area contributed by atoms with Crippen LogP contribution in [-0.2, 0) is 4.74 Å². The molecular weight excluding hydrogens is 437 g/mol. The molecule has 1 aliphatic heterocycles. The van der Waals surface area contributed by atoms with Gasteiger partial charge in [-0.05, 0) is 62.1 Å². The van der Waals surface area contributed by atoms with E-state index in [2.05, 4.69) is 10.1 Å². The molecule has 2 fully saturated rings. The van der Waals surface area contributed by atoms with Crippen molar-refractivity contribution in [3.63, 3.8) is 0 Å². The molecule has 8 nitrogen and oxygen atoms in total. The van der Waals surface area contributed by atoms with Crippen molar-refractivity contribution in [3.8, 4) is 5.69 Å². The first kappa shape index (κ1) is 20.6. The molecular formula is C25H22FN5O3. The molecule has 2 aromatic carbocycles. The van der Waals surface area contributed by atoms with Crippen LogP contribution in [0, 0.1) is 5.82 Å². The normalized spacial score (nSPS) is 19.6. The maximum atomic E-state index is 14.8. The van der Waals surface area contributed by atoms with Gasteiger partial charge in [0.15, 0.2) is 0 Å². The Labute approximate surface area is 194 Å². The molecule has 34 heavy (non-hydrogen) atoms. The molecule has 1 amide bonds. The highest BCUT2D eigenvalue weighted by atomic mass is 19.1. The van der Waals surface area contributed by atoms with E-state index >= 15 is 0 Å². The van der Waals surface area contributed by atoms with E-state index in [9.17, 15) is 14.0 Å². The number of aromatic nitrogens is 4. The minimum Gasteiger partial charge on any atom is -0.440 e. The lowest BCUT2D eigenvalue weighted by Gasteiger charge is -2.36. The molecule has 4 aromatic rings. The number of halogens is 1. The quantitative estimate of drug-likeness (QED) is 0.481. The highest BCUT2D eigenvalue weighted by Crippen LogP contribution is 2.51. The van der Waals surface area contributed by atoms with Gasteiger partial charge in [-0.1, -0.05) is 18.6 Å². The molecule has 1 N–H and O–H groups in total. The molecule has 1 saturated heterocycles. The number of hydrogen-bond donors (Lipinski definition) is 1. The molecule has 6 rings (SSSR count). The lowest BCUT2D eigenvalue weighted by Crippen LogP contribution is -2.41. The summed E-state index contributed by atoms with van der Waals surface area (Å²) >= 11 is 0. The molecule has 0 radical (unpaired) electrons. The topological polar surface area (TPSA) is 93.1 Å². The van der Waals surface area contributed by atoms with Crippen molar-refractivity contribution >= 4 is 22.8 Å². The van der Waals surface area contributed by atoms with Crippen LogP contribution in [0.3, 0.4) is 0 Å². The van der Waals surface area contributed by atoms with E-state index in [0.29, 0.717) is 35.4 Å². The molecule has 1 spiro atoms. The third-order valence-corrected chi connectivity index (χ3v) is 6.76. The number of para-hydroxylation sites is 1. The Hall–Kier alpha value is -4.01. The number of H-pyrrole nitrogens is 1. The van der Waals surface area contributed by atoms with Crippen molar-refractivity contribution in [1.29, 1.82) is 0 Å². The van der Waals surface area contributed by atoms with Crippen molar-refractivity contribution in [2.24, 2.45) is 0 Å². The van der Waals surface area contributed by atoms with Crippen LogP contribution in [-0.4, -0.2) is 31.4 Å². The van der Waals surface area contributed by atoms with Gasteiger partial charge in [0, 0.05) is 12.3 Å². The van der Waals surface area contributed by atoms with Crippen LogP contribution in [0.5, 0.6) is 0 Å². The number of ether oxygens (including phenoxy) is 1. The first-order valence-electron chi connectivity index (χ1n) is 11.4. The minimum atomic E-state index is -0.785. The summed E-state index contributed by atoms with van der Waals surface area (Å²) in [4.78, 5) is 34.8. The smallest absolute Gasteiger partial charge is 0.415 e. The summed E-state index contributed by atoms with van der Waals surface area (Å²) in [5, 5.41) is 4.13. The number of carbonyl (C=O) groups excluding carboxylic acids is 1. The van der Waals surface area contributed by atoms with E-state index in [0.717, 1.165) is 19.3 Å². The summed E-state index contributed by atoms with van der Waals surface area (Å²) in [6.45, 7) is 0. The van der Waals surface area contributed by atoms with E-state index in [1.165, 1.54) is 21.7 Å². The van der Waals surface area contributed by atoms with Crippen LogP contribution < -0.4 is 10.5 Å². The monoisotopic (exact) mass is 459 g/mol. The van der Waals surface area contributed by atoms with E-state index in [4.69, 9.17) is 9.72 Å². The van der Waals surface area contributed by atoms with E-state index < -0.39 is 23.6 Å². The average molecular weight is 459 g/mol. The fourth-order valence-corrected chi connectivity index (χ4v) is 5.23. The molecule has 3 heterocycles. The highest BCUT2D eigenvalue weighted by Gasteiger charge is 2.57. The van der Waals surface area contributed by atoms with E-state index in [1.54, 1.807) is 48.7 Å². The zero-order valence-electron chi connectivity index (χ0n) is 18.3. The number of carbonyl (C=O) groups is 1. The summed E-state index contributed by atoms with van der Waals surface area (Å²) in [5.74, 6) is 0.0294. The molecule has 9 heteroatoms. The lowest BCUT2D eigenvalue weighted by atomic mass is 9.79. The number of benzene rings is 2. The predicted molar refractivity (Wildman–Crippen MR) is 123 cm³/mol. The number of aromatic amines is 1. The first-order chi connectivity index (χ1) is 16.6. The number of hydrogen-bond acceptors (Lipinski definition) is 5. The Morgan fingerprint density at radius 1 is 1.03 bits per heavy atom. The van der Waals surface area contributed by atoms with Gasteiger partial charge in [0.25, 0.3) is 5.56 Å². The van der Waals surface area contributed by atoms with E-state index in [-0.39, 0.29) is 11.2 Å². The summed E-state index contributed by atoms with van der Waals surface area (Å²) in [6, 6.07) is 14.0. The van der Waals surface area contributed by atoms with Crippen molar-refractivity contribution in [2.75, 3.05) is 4.90 Å². The van der Waals surface area contributed by atoms with Gasteiger partial charge in [-0.15, -0.1) is 0 Å². The van der Waals surface area contributed by atoms with Crippen molar-refractivity contribution in [1.82, 2.24) is 19.7 Å². The van der Waals surface area contributed by atoms with Gasteiger partial charge in [-0.2, -0.15) is 9.78 Å². The second kappa shape index (κ2) is 7.79. The number of imidazole rings is 1. The molecule has 1 aliphatic carbocycles. The van der Waals surface area contributed by atoms with Crippen LogP contribution in [0.1, 0.15) is 44.0 Å². The Kier molecular flexibility index (Phi) is 4.72. The lowest BCUT2D eigenvalue weighted by molar-refractivity contribution is 0.00312. The molecule has 2 aliphatic rings. The van der Waals surface area contributed by atoms with Crippen LogP contribution in [0.2, 0.25) is 0 Å². The van der Waals surface area contributed by atoms with Gasteiger partial charge in [-0.3, -0.25) is 9.69 Å². The van der Waals surface area contributed by atoms with Gasteiger partial charge in [0.2, 0.25) is 0 Å². The molecule has 1 saturated carbocycles. The summed E-state index contributed by atoms with van der Waals surface area (Å²) in [6.07, 6.45) is 5.24. The van der Waals surface area contributed by atoms with Crippen molar-refractivity contribution in [2.45, 2.75) is 43.7 Å². The summed E-state index contributed by atoms with van der Waals surface area (Å²) < 4.78 is 22.1. The van der Waals surface area contributed by atoms with Crippen LogP contribution in [0.4, 0.5) is 14.9 Å². The minimum absolute atomic E-state index is 0.168. The van der Waals surface area contributed by atoms with Gasteiger partial charge >= 0.3 is 6.09 Å². The van der Waals surface area contributed by atoms with Gasteiger partial charge in [0.05, 0.1) is 22.4 Å². The van der Waals surface area contributed by atoms with Gasteiger partial charge < -0.3 is 9.72 Å². The van der Waals surface area contributed by atoms with Gasteiger partial charge in [0.1, 0.15) is 23.3 Å². The van der Waals surface area contributed by atoms with Crippen LogP contribution in [0.25, 0.3) is 16.7 Å². The van der Waals surface area contributed by atoms with Gasteiger partial charge in [-0.25, -0.2) is 14.2 Å². The standard InChI is InChI=1S/C25H22FN5O3/c26-17-7-2-3-8-20(17)30-22(25(34-24(30)33)12-4-1-5-13-25)23-28-18-11-10-16(15-19(18)29-23)31-21(32)9-6-14-27-31/h2-3,6-11,14-15,22H,1,4-5,12-13H2,(H,28,29)/t22-/m1/s1. The average Bonchev–Trinajstić information content (AvgIpc) is 3.37. The zero-order chi connectivity index (χ0) is 23.3. The number of nitrogens with zero attached hydrogens (tertiary/aromatic N) is 4. The van der Waals surface area contributed by atoms with Crippen molar-refractivity contribution in [3.05, 3.63) is 82.8 Å². The zero-order valence-corrected chi connectivity index (χ0v) is 18.3. The molecule has 1 atom stereocenters. The van der Waals surface area contributed by atoms with Crippen molar-refractivity contribution < 1.29 is 13.9 Å². The third kappa shape index (κ3) is 3.19. The highest BCUT2D eigenvalue weighted by molar-refractivity contribution is 5.92. The SMILES string of the molecule is O=C1OC2(CCCCC2)[C@@H](c2nc3ccc(-n4ncccc4=O)cc3[nH]2)N1c1ccccc1F. The molecule has 172 valence electrons. The number of anilines is 1. The second-order valence-electron chi connectivity index (χ2n) is 8.81. The summed E-state index contributed by atoms with van der Waals surface area (Å²) in [7, 11) is 0. The fraction of sp³-hybridized carbons (Fsp3) is 0.280. The van der Waals surface area contributed by atoms with Crippen LogP contribution in [0.15, 0.2) is 65.6 Å². The van der Waals surface area contributed by atoms with Crippen LogP contribution >= 0.6 is 0 Å². The molecule has 0 unspecified atom stereocenters. The third-order valence-electron chi connectivity index (χ3n) is 6.76. The Bertz CT molecular complexity index is 1460.